The first-order valence-electron chi connectivity index (χ1n) is 7.72. The topological polar surface area (TPSA) is 32.3 Å². The summed E-state index contributed by atoms with van der Waals surface area (Å²) in [6.07, 6.45) is 3.20. The van der Waals surface area contributed by atoms with Gasteiger partial charge in [0.05, 0.1) is 0 Å². The predicted molar refractivity (Wildman–Crippen MR) is 99.1 cm³/mol. The lowest BCUT2D eigenvalue weighted by Gasteiger charge is -2.21. The fourth-order valence-corrected chi connectivity index (χ4v) is 2.50. The maximum Gasteiger partial charge on any atom is 0.248 e. The molecule has 120 valence electrons. The summed E-state index contributed by atoms with van der Waals surface area (Å²) in [5.74, 6) is -0.180. The maximum absolute atomic E-state index is 12.0. The second-order valence-corrected chi connectivity index (χ2v) is 5.47. The van der Waals surface area contributed by atoms with Crippen molar-refractivity contribution in [3.63, 3.8) is 0 Å². The van der Waals surface area contributed by atoms with E-state index in [9.17, 15) is 4.79 Å². The van der Waals surface area contributed by atoms with Crippen LogP contribution in [-0.4, -0.2) is 19.0 Å². The number of hydrogen-bond donors (Lipinski definition) is 1. The molecule has 1 amide bonds. The molecule has 0 fully saturated rings. The largest absolute Gasteiger partial charge is 0.372 e. The third-order valence-corrected chi connectivity index (χ3v) is 3.93. The first-order chi connectivity index (χ1) is 11.1. The van der Waals surface area contributed by atoms with Gasteiger partial charge in [0.15, 0.2) is 0 Å². The van der Waals surface area contributed by atoms with Gasteiger partial charge in [-0.1, -0.05) is 29.8 Å². The van der Waals surface area contributed by atoms with Crippen LogP contribution in [0.2, 0.25) is 5.02 Å². The van der Waals surface area contributed by atoms with Crippen molar-refractivity contribution < 1.29 is 4.79 Å². The molecule has 0 unspecified atom stereocenters. The first kappa shape index (κ1) is 17.1. The minimum atomic E-state index is -0.180. The van der Waals surface area contributed by atoms with Gasteiger partial charge in [-0.2, -0.15) is 0 Å². The number of anilines is 2. The summed E-state index contributed by atoms with van der Waals surface area (Å²) < 4.78 is 0. The van der Waals surface area contributed by atoms with E-state index >= 15 is 0 Å². The highest BCUT2D eigenvalue weighted by atomic mass is 35.5. The molecular formula is C19H21ClN2O. The van der Waals surface area contributed by atoms with Crippen LogP contribution in [0.1, 0.15) is 19.4 Å². The van der Waals surface area contributed by atoms with E-state index in [1.165, 1.54) is 6.08 Å². The Balaban J connectivity index is 1.99. The van der Waals surface area contributed by atoms with Gasteiger partial charge in [-0.05, 0) is 55.8 Å². The van der Waals surface area contributed by atoms with Gasteiger partial charge in [0.2, 0.25) is 5.91 Å². The van der Waals surface area contributed by atoms with E-state index in [0.29, 0.717) is 5.02 Å². The molecule has 2 aromatic rings. The molecule has 0 aliphatic rings. The van der Waals surface area contributed by atoms with Gasteiger partial charge in [-0.3, -0.25) is 4.79 Å². The smallest absolute Gasteiger partial charge is 0.248 e. The Morgan fingerprint density at radius 1 is 1.09 bits per heavy atom. The Kier molecular flexibility index (Phi) is 6.24. The van der Waals surface area contributed by atoms with Crippen molar-refractivity contribution in [2.24, 2.45) is 0 Å². The molecule has 0 atom stereocenters. The van der Waals surface area contributed by atoms with Gasteiger partial charge in [0, 0.05) is 35.6 Å². The highest BCUT2D eigenvalue weighted by molar-refractivity contribution is 6.32. The van der Waals surface area contributed by atoms with Gasteiger partial charge in [-0.15, -0.1) is 0 Å². The number of amides is 1. The van der Waals surface area contributed by atoms with Crippen LogP contribution in [0.15, 0.2) is 54.6 Å². The summed E-state index contributed by atoms with van der Waals surface area (Å²) in [5, 5.41) is 3.47. The Bertz CT molecular complexity index is 676. The van der Waals surface area contributed by atoms with Gasteiger partial charge >= 0.3 is 0 Å². The van der Waals surface area contributed by atoms with E-state index in [4.69, 9.17) is 11.6 Å². The zero-order valence-electron chi connectivity index (χ0n) is 13.4. The number of carbonyl (C=O) groups is 1. The molecule has 23 heavy (non-hydrogen) atoms. The molecule has 2 aromatic carbocycles. The standard InChI is InChI=1S/C19H21ClN2O/c1-3-22(4-2)17-12-10-16(11-13-17)21-19(23)14-9-15-7-5-6-8-18(15)20/h5-14H,3-4H2,1-2H3,(H,21,23)/b14-9-. The summed E-state index contributed by atoms with van der Waals surface area (Å²) in [4.78, 5) is 14.2. The number of halogens is 1. The lowest BCUT2D eigenvalue weighted by molar-refractivity contribution is -0.111. The Morgan fingerprint density at radius 3 is 2.35 bits per heavy atom. The predicted octanol–water partition coefficient (Wildman–Crippen LogP) is 4.84. The summed E-state index contributed by atoms with van der Waals surface area (Å²) in [6.45, 7) is 6.17. The fourth-order valence-electron chi connectivity index (χ4n) is 2.30. The molecule has 2 rings (SSSR count). The Hall–Kier alpha value is -2.26. The zero-order valence-corrected chi connectivity index (χ0v) is 14.2. The minimum absolute atomic E-state index is 0.180. The number of benzene rings is 2. The molecule has 0 heterocycles. The van der Waals surface area contributed by atoms with E-state index in [-0.39, 0.29) is 5.91 Å². The summed E-state index contributed by atoms with van der Waals surface area (Å²) in [7, 11) is 0. The van der Waals surface area contributed by atoms with E-state index in [0.717, 1.165) is 30.0 Å². The van der Waals surface area contributed by atoms with Crippen LogP contribution in [0.25, 0.3) is 6.08 Å². The van der Waals surface area contributed by atoms with Crippen LogP contribution < -0.4 is 10.2 Å². The van der Waals surface area contributed by atoms with Crippen LogP contribution in [0.3, 0.4) is 0 Å². The molecule has 0 aromatic heterocycles. The second-order valence-electron chi connectivity index (χ2n) is 5.06. The third kappa shape index (κ3) is 4.86. The van der Waals surface area contributed by atoms with Crippen LogP contribution in [-0.2, 0) is 4.79 Å². The number of hydrogen-bond acceptors (Lipinski definition) is 2. The lowest BCUT2D eigenvalue weighted by atomic mass is 10.2. The molecule has 0 aliphatic heterocycles. The second kappa shape index (κ2) is 8.39. The van der Waals surface area contributed by atoms with Crippen molar-refractivity contribution in [3.05, 3.63) is 65.2 Å². The van der Waals surface area contributed by atoms with Crippen molar-refractivity contribution in [1.29, 1.82) is 0 Å². The van der Waals surface area contributed by atoms with Crippen molar-refractivity contribution in [3.8, 4) is 0 Å². The van der Waals surface area contributed by atoms with Crippen LogP contribution >= 0.6 is 11.6 Å². The number of nitrogens with one attached hydrogen (secondary N) is 1. The van der Waals surface area contributed by atoms with Gasteiger partial charge < -0.3 is 10.2 Å². The number of rotatable bonds is 6. The Morgan fingerprint density at radius 2 is 1.74 bits per heavy atom. The first-order valence-corrected chi connectivity index (χ1v) is 8.10. The lowest BCUT2D eigenvalue weighted by Crippen LogP contribution is -2.21. The highest BCUT2D eigenvalue weighted by Crippen LogP contribution is 2.18. The normalized spacial score (nSPS) is 10.7. The van der Waals surface area contributed by atoms with Crippen molar-refractivity contribution in [2.75, 3.05) is 23.3 Å². The third-order valence-electron chi connectivity index (χ3n) is 3.58. The molecule has 0 aliphatic carbocycles. The Labute approximate surface area is 142 Å². The fraction of sp³-hybridized carbons (Fsp3) is 0.211. The number of carbonyl (C=O) groups excluding carboxylic acids is 1. The van der Waals surface area contributed by atoms with Crippen molar-refractivity contribution >= 4 is 35.0 Å². The van der Waals surface area contributed by atoms with Crippen molar-refractivity contribution in [1.82, 2.24) is 0 Å². The number of nitrogens with zero attached hydrogens (tertiary/aromatic N) is 1. The van der Waals surface area contributed by atoms with E-state index in [2.05, 4.69) is 24.1 Å². The van der Waals surface area contributed by atoms with E-state index in [1.807, 2.05) is 42.5 Å². The molecular weight excluding hydrogens is 308 g/mol. The zero-order chi connectivity index (χ0) is 16.7. The molecule has 1 N–H and O–H groups in total. The van der Waals surface area contributed by atoms with Crippen LogP contribution in [0, 0.1) is 0 Å². The molecule has 0 spiro atoms. The van der Waals surface area contributed by atoms with E-state index in [1.54, 1.807) is 12.1 Å². The molecule has 4 heteroatoms. The highest BCUT2D eigenvalue weighted by Gasteiger charge is 2.03. The average molecular weight is 329 g/mol. The quantitative estimate of drug-likeness (QED) is 0.770. The minimum Gasteiger partial charge on any atom is -0.372 e. The summed E-state index contributed by atoms with van der Waals surface area (Å²) in [6, 6.07) is 15.3. The van der Waals surface area contributed by atoms with Gasteiger partial charge in [-0.25, -0.2) is 0 Å². The SMILES string of the molecule is CCN(CC)c1ccc(NC(=O)/C=C\c2ccccc2Cl)cc1. The van der Waals surface area contributed by atoms with Crippen LogP contribution in [0.4, 0.5) is 11.4 Å². The average Bonchev–Trinajstić information content (AvgIpc) is 2.57. The van der Waals surface area contributed by atoms with Gasteiger partial charge in [0.1, 0.15) is 0 Å². The molecule has 3 nitrogen and oxygen atoms in total. The van der Waals surface area contributed by atoms with Crippen molar-refractivity contribution in [2.45, 2.75) is 13.8 Å². The summed E-state index contributed by atoms with van der Waals surface area (Å²) >= 11 is 6.05. The molecule has 0 bridgehead atoms. The monoisotopic (exact) mass is 328 g/mol. The maximum atomic E-state index is 12.0. The summed E-state index contributed by atoms with van der Waals surface area (Å²) in [5.41, 5.74) is 2.75. The molecule has 0 saturated heterocycles. The molecule has 0 radical (unpaired) electrons. The van der Waals surface area contributed by atoms with Crippen LogP contribution in [0.5, 0.6) is 0 Å². The van der Waals surface area contributed by atoms with Gasteiger partial charge in [0.25, 0.3) is 0 Å². The van der Waals surface area contributed by atoms with E-state index < -0.39 is 0 Å². The molecule has 0 saturated carbocycles.